The maximum atomic E-state index is 13.7. The van der Waals surface area contributed by atoms with Crippen LogP contribution in [0.3, 0.4) is 0 Å². The van der Waals surface area contributed by atoms with Crippen molar-refractivity contribution in [3.63, 3.8) is 0 Å². The topological polar surface area (TPSA) is 211 Å². The van der Waals surface area contributed by atoms with Gasteiger partial charge in [0.05, 0.1) is 18.8 Å². The molecule has 1 rings (SSSR count). The molecule has 1 saturated heterocycles. The molecular formula is C31H53N5O9. The van der Waals surface area contributed by atoms with Crippen LogP contribution >= 0.6 is 0 Å². The summed E-state index contributed by atoms with van der Waals surface area (Å²) < 4.78 is 0. The first-order valence-corrected chi connectivity index (χ1v) is 15.8. The lowest BCUT2D eigenvalue weighted by Crippen LogP contribution is -2.58. The smallest absolute Gasteiger partial charge is 0.326 e. The third kappa shape index (κ3) is 13.9. The molecule has 0 aromatic carbocycles. The molecule has 0 radical (unpaired) electrons. The van der Waals surface area contributed by atoms with Gasteiger partial charge in [0.15, 0.2) is 0 Å². The Kier molecular flexibility index (Phi) is 16.0. The van der Waals surface area contributed by atoms with E-state index in [9.17, 15) is 43.8 Å². The molecule has 0 aromatic rings. The average molecular weight is 640 g/mol. The van der Waals surface area contributed by atoms with Gasteiger partial charge in [0.1, 0.15) is 18.1 Å². The number of carbonyl (C=O) groups is 7. The van der Waals surface area contributed by atoms with Crippen molar-refractivity contribution in [1.82, 2.24) is 26.2 Å². The molecule has 256 valence electrons. The van der Waals surface area contributed by atoms with E-state index in [0.717, 1.165) is 12.8 Å². The van der Waals surface area contributed by atoms with Gasteiger partial charge in [-0.3, -0.25) is 28.8 Å². The molecule has 1 fully saturated rings. The summed E-state index contributed by atoms with van der Waals surface area (Å²) in [5.74, 6) is -7.16. The molecule has 14 nitrogen and oxygen atoms in total. The van der Waals surface area contributed by atoms with Crippen molar-refractivity contribution in [3.8, 4) is 0 Å². The Labute approximate surface area is 265 Å². The Morgan fingerprint density at radius 2 is 1.20 bits per heavy atom. The first-order valence-electron chi connectivity index (χ1n) is 15.8. The highest BCUT2D eigenvalue weighted by Gasteiger charge is 2.38. The number of aliphatic carboxylic acids is 2. The zero-order chi connectivity index (χ0) is 34.5. The van der Waals surface area contributed by atoms with E-state index < -0.39 is 77.9 Å². The van der Waals surface area contributed by atoms with Crippen LogP contribution in [0.4, 0.5) is 0 Å². The molecule has 0 aliphatic carbocycles. The fourth-order valence-electron chi connectivity index (χ4n) is 5.13. The Bertz CT molecular complexity index is 1060. The van der Waals surface area contributed by atoms with Gasteiger partial charge in [-0.05, 0) is 43.4 Å². The number of nitrogens with one attached hydrogen (secondary N) is 4. The molecule has 1 heterocycles. The standard InChI is InChI=1S/C31H53N5O9/c1-8-19(9-2)32-24(37)15-20(31(5,6)7)27(41)33-21(16-25(38)36-12-10-11-13-36)28(42)34-22(17-26(39)40)29(43)35-23(30(44)45)14-18(3)4/h18-23H,8-17H2,1-7H3,(H,32,37)(H,33,41)(H,34,42)(H,35,43)(H,39,40)(H,44,45). The minimum Gasteiger partial charge on any atom is -0.481 e. The number of carboxylic acid groups (broad SMARTS) is 2. The second-order valence-corrected chi connectivity index (χ2v) is 13.2. The Balaban J connectivity index is 3.29. The molecule has 14 heteroatoms. The molecule has 5 amide bonds. The van der Waals surface area contributed by atoms with Gasteiger partial charge >= 0.3 is 11.9 Å². The molecule has 6 N–H and O–H groups in total. The van der Waals surface area contributed by atoms with Gasteiger partial charge in [-0.2, -0.15) is 0 Å². The molecule has 0 aromatic heterocycles. The molecule has 4 unspecified atom stereocenters. The van der Waals surface area contributed by atoms with E-state index in [2.05, 4.69) is 21.3 Å². The number of hydrogen-bond donors (Lipinski definition) is 6. The summed E-state index contributed by atoms with van der Waals surface area (Å²) in [6, 6.07) is -4.56. The molecular weight excluding hydrogens is 586 g/mol. The lowest BCUT2D eigenvalue weighted by atomic mass is 9.77. The van der Waals surface area contributed by atoms with Crippen molar-refractivity contribution in [2.45, 2.75) is 124 Å². The van der Waals surface area contributed by atoms with Gasteiger partial charge in [-0.1, -0.05) is 48.5 Å². The van der Waals surface area contributed by atoms with Crippen LogP contribution in [0, 0.1) is 17.3 Å². The predicted molar refractivity (Wildman–Crippen MR) is 166 cm³/mol. The zero-order valence-electron chi connectivity index (χ0n) is 27.7. The van der Waals surface area contributed by atoms with Crippen LogP contribution in [0.1, 0.15) is 99.8 Å². The van der Waals surface area contributed by atoms with Gasteiger partial charge in [0.25, 0.3) is 0 Å². The quantitative estimate of drug-likeness (QED) is 0.128. The minimum absolute atomic E-state index is 0.0589. The highest BCUT2D eigenvalue weighted by Crippen LogP contribution is 2.29. The lowest BCUT2D eigenvalue weighted by Gasteiger charge is -2.32. The third-order valence-electron chi connectivity index (χ3n) is 7.91. The summed E-state index contributed by atoms with van der Waals surface area (Å²) >= 11 is 0. The van der Waals surface area contributed by atoms with Crippen LogP contribution in [-0.4, -0.2) is 93.8 Å². The number of rotatable bonds is 18. The van der Waals surface area contributed by atoms with Crippen LogP contribution in [0.15, 0.2) is 0 Å². The lowest BCUT2D eigenvalue weighted by molar-refractivity contribution is -0.144. The number of amides is 5. The first kappa shape index (κ1) is 39.3. The van der Waals surface area contributed by atoms with Crippen LogP contribution in [-0.2, 0) is 33.6 Å². The number of nitrogens with zero attached hydrogens (tertiary/aromatic N) is 1. The number of carboxylic acids is 2. The van der Waals surface area contributed by atoms with Gasteiger partial charge in [0, 0.05) is 25.6 Å². The van der Waals surface area contributed by atoms with Crippen molar-refractivity contribution in [2.24, 2.45) is 17.3 Å². The fourth-order valence-corrected chi connectivity index (χ4v) is 5.13. The summed E-state index contributed by atoms with van der Waals surface area (Å²) in [4.78, 5) is 91.0. The normalized spacial score (nSPS) is 16.0. The number of hydrogen-bond acceptors (Lipinski definition) is 7. The van der Waals surface area contributed by atoms with Gasteiger partial charge in [0.2, 0.25) is 29.5 Å². The van der Waals surface area contributed by atoms with E-state index in [1.54, 1.807) is 39.5 Å². The number of carbonyl (C=O) groups excluding carboxylic acids is 5. The van der Waals surface area contributed by atoms with Crippen molar-refractivity contribution >= 4 is 41.5 Å². The van der Waals surface area contributed by atoms with Gasteiger partial charge in [-0.15, -0.1) is 0 Å². The zero-order valence-corrected chi connectivity index (χ0v) is 27.7. The summed E-state index contributed by atoms with van der Waals surface area (Å²) in [6.07, 6.45) is 1.57. The molecule has 4 atom stereocenters. The third-order valence-corrected chi connectivity index (χ3v) is 7.91. The van der Waals surface area contributed by atoms with Gasteiger partial charge < -0.3 is 36.4 Å². The largest absolute Gasteiger partial charge is 0.481 e. The van der Waals surface area contributed by atoms with Crippen LogP contribution < -0.4 is 21.3 Å². The summed E-state index contributed by atoms with van der Waals surface area (Å²) in [6.45, 7) is 13.7. The first-order chi connectivity index (χ1) is 20.9. The summed E-state index contributed by atoms with van der Waals surface area (Å²) in [7, 11) is 0. The second kappa shape index (κ2) is 18.3. The van der Waals surface area contributed by atoms with Crippen molar-refractivity contribution in [1.29, 1.82) is 0 Å². The maximum absolute atomic E-state index is 13.7. The van der Waals surface area contributed by atoms with E-state index in [1.165, 1.54) is 0 Å². The Hall–Kier alpha value is -3.71. The monoisotopic (exact) mass is 639 g/mol. The highest BCUT2D eigenvalue weighted by atomic mass is 16.4. The Morgan fingerprint density at radius 3 is 1.64 bits per heavy atom. The average Bonchev–Trinajstić information content (AvgIpc) is 3.47. The minimum atomic E-state index is -1.69. The second-order valence-electron chi connectivity index (χ2n) is 13.2. The van der Waals surface area contributed by atoms with Gasteiger partial charge in [-0.25, -0.2) is 4.79 Å². The van der Waals surface area contributed by atoms with Crippen LogP contribution in [0.25, 0.3) is 0 Å². The molecule has 45 heavy (non-hydrogen) atoms. The summed E-state index contributed by atoms with van der Waals surface area (Å²) in [5, 5.41) is 29.1. The summed E-state index contributed by atoms with van der Waals surface area (Å²) in [5.41, 5.74) is -0.719. The van der Waals surface area contributed by atoms with Crippen molar-refractivity contribution < 1.29 is 43.8 Å². The van der Waals surface area contributed by atoms with E-state index in [0.29, 0.717) is 25.9 Å². The van der Waals surface area contributed by atoms with E-state index >= 15 is 0 Å². The SMILES string of the molecule is CCC(CC)NC(=O)CC(C(=O)NC(CC(=O)N1CCCC1)C(=O)NC(CC(=O)O)C(=O)NC(CC(C)C)C(=O)O)C(C)(C)C. The highest BCUT2D eigenvalue weighted by molar-refractivity contribution is 5.97. The molecule has 1 aliphatic rings. The maximum Gasteiger partial charge on any atom is 0.326 e. The molecule has 0 saturated carbocycles. The predicted octanol–water partition coefficient (Wildman–Crippen LogP) is 1.42. The van der Waals surface area contributed by atoms with Crippen LogP contribution in [0.2, 0.25) is 0 Å². The van der Waals surface area contributed by atoms with E-state index in [4.69, 9.17) is 0 Å². The molecule has 0 spiro atoms. The fraction of sp³-hybridized carbons (Fsp3) is 0.774. The van der Waals surface area contributed by atoms with E-state index in [-0.39, 0.29) is 30.7 Å². The van der Waals surface area contributed by atoms with Crippen LogP contribution in [0.5, 0.6) is 0 Å². The Morgan fingerprint density at radius 1 is 0.711 bits per heavy atom. The van der Waals surface area contributed by atoms with E-state index in [1.807, 2.05) is 13.8 Å². The molecule has 0 bridgehead atoms. The molecule has 1 aliphatic heterocycles. The number of likely N-dealkylation sites (tertiary alicyclic amines) is 1. The van der Waals surface area contributed by atoms with Crippen molar-refractivity contribution in [3.05, 3.63) is 0 Å². The van der Waals surface area contributed by atoms with Crippen molar-refractivity contribution in [2.75, 3.05) is 13.1 Å².